The molecule has 0 saturated carbocycles. The fourth-order valence-corrected chi connectivity index (χ4v) is 5.12. The van der Waals surface area contributed by atoms with Gasteiger partial charge in [-0.15, -0.1) is 11.8 Å². The van der Waals surface area contributed by atoms with Gasteiger partial charge in [0.05, 0.1) is 4.87 Å². The zero-order valence-corrected chi connectivity index (χ0v) is 16.6. The molecule has 0 unspecified atom stereocenters. The molecule has 0 spiro atoms. The largest absolute Gasteiger partial charge is 0.473 e. The first-order chi connectivity index (χ1) is 13.5. The smallest absolute Gasteiger partial charge is 0.243 e. The van der Waals surface area contributed by atoms with Crippen LogP contribution in [0.3, 0.4) is 0 Å². The Kier molecular flexibility index (Phi) is 5.26. The topological polar surface area (TPSA) is 71.5 Å². The molecular weight excluding hydrogens is 374 g/mol. The summed E-state index contributed by atoms with van der Waals surface area (Å²) in [7, 11) is 0. The average molecular weight is 398 g/mol. The number of nitrogens with one attached hydrogen (secondary N) is 1. The number of thioether (sulfide) groups is 1. The molecule has 7 heteroatoms. The number of aromatic nitrogens is 1. The molecule has 4 rings (SSSR count). The third kappa shape index (κ3) is 3.85. The molecule has 6 nitrogen and oxygen atoms in total. The molecule has 2 fully saturated rings. The number of fused-ring (bicyclic) bond motifs is 1. The number of pyridine rings is 1. The summed E-state index contributed by atoms with van der Waals surface area (Å²) in [6.45, 7) is 2.87. The fourth-order valence-electron chi connectivity index (χ4n) is 3.69. The van der Waals surface area contributed by atoms with E-state index in [0.717, 1.165) is 17.5 Å². The Bertz CT molecular complexity index is 876. The zero-order valence-electron chi connectivity index (χ0n) is 15.8. The highest BCUT2D eigenvalue weighted by Crippen LogP contribution is 2.47. The second-order valence-electron chi connectivity index (χ2n) is 7.26. The van der Waals surface area contributed by atoms with E-state index in [9.17, 15) is 9.59 Å². The number of benzene rings is 1. The Morgan fingerprint density at radius 3 is 2.96 bits per heavy atom. The summed E-state index contributed by atoms with van der Waals surface area (Å²) in [6.07, 6.45) is 3.01. The molecule has 2 atom stereocenters. The summed E-state index contributed by atoms with van der Waals surface area (Å²) in [6, 6.07) is 13.2. The van der Waals surface area contributed by atoms with Gasteiger partial charge in [0.15, 0.2) is 0 Å². The molecule has 3 heterocycles. The van der Waals surface area contributed by atoms with Crippen LogP contribution < -0.4 is 10.1 Å². The molecule has 1 aromatic heterocycles. The van der Waals surface area contributed by atoms with Crippen molar-refractivity contribution in [3.05, 3.63) is 59.8 Å². The predicted octanol–water partition coefficient (Wildman–Crippen LogP) is 2.73. The van der Waals surface area contributed by atoms with Crippen molar-refractivity contribution in [2.45, 2.75) is 43.8 Å². The van der Waals surface area contributed by atoms with E-state index in [1.54, 1.807) is 22.9 Å². The number of rotatable bonds is 6. The highest BCUT2D eigenvalue weighted by molar-refractivity contribution is 8.01. The van der Waals surface area contributed by atoms with E-state index >= 15 is 0 Å². The van der Waals surface area contributed by atoms with Crippen LogP contribution in [0.15, 0.2) is 48.7 Å². The number of amides is 2. The van der Waals surface area contributed by atoms with Crippen molar-refractivity contribution in [2.24, 2.45) is 0 Å². The van der Waals surface area contributed by atoms with Crippen LogP contribution in [0.1, 0.15) is 30.9 Å². The number of hydrogen-bond acceptors (Lipinski definition) is 5. The number of nitrogens with zero attached hydrogens (tertiary/aromatic N) is 2. The quantitative estimate of drug-likeness (QED) is 0.812. The molecule has 2 amide bonds. The van der Waals surface area contributed by atoms with Crippen molar-refractivity contribution < 1.29 is 14.3 Å². The summed E-state index contributed by atoms with van der Waals surface area (Å²) in [5, 5.41) is 2.96. The second-order valence-corrected chi connectivity index (χ2v) is 8.76. The van der Waals surface area contributed by atoms with E-state index in [-0.39, 0.29) is 22.7 Å². The Morgan fingerprint density at radius 1 is 1.32 bits per heavy atom. The van der Waals surface area contributed by atoms with Gasteiger partial charge in [-0.2, -0.15) is 0 Å². The van der Waals surface area contributed by atoms with E-state index in [0.29, 0.717) is 31.2 Å². The van der Waals surface area contributed by atoms with Gasteiger partial charge in [-0.3, -0.25) is 9.59 Å². The molecule has 28 heavy (non-hydrogen) atoms. The first-order valence-electron chi connectivity index (χ1n) is 9.41. The highest BCUT2D eigenvalue weighted by Gasteiger charge is 2.52. The normalized spacial score (nSPS) is 23.5. The van der Waals surface area contributed by atoms with Gasteiger partial charge in [-0.25, -0.2) is 4.98 Å². The third-order valence-corrected chi connectivity index (χ3v) is 6.75. The molecule has 2 aliphatic rings. The molecule has 0 radical (unpaired) electrons. The van der Waals surface area contributed by atoms with Crippen molar-refractivity contribution >= 4 is 23.6 Å². The number of carbonyl (C=O) groups excluding carboxylic acids is 2. The zero-order chi connectivity index (χ0) is 19.6. The van der Waals surface area contributed by atoms with Gasteiger partial charge in [0, 0.05) is 31.0 Å². The minimum Gasteiger partial charge on any atom is -0.473 e. The maximum Gasteiger partial charge on any atom is 0.243 e. The molecular formula is C21H23N3O3S. The van der Waals surface area contributed by atoms with Crippen LogP contribution in [0, 0.1) is 0 Å². The molecule has 1 N–H and O–H groups in total. The fraction of sp³-hybridized carbons (Fsp3) is 0.381. The Balaban J connectivity index is 1.33. The van der Waals surface area contributed by atoms with Crippen molar-refractivity contribution in [1.29, 1.82) is 0 Å². The number of carbonyl (C=O) groups is 2. The van der Waals surface area contributed by atoms with Crippen molar-refractivity contribution in [3.8, 4) is 5.88 Å². The molecule has 2 aliphatic heterocycles. The first kappa shape index (κ1) is 18.8. The number of hydrogen-bond donors (Lipinski definition) is 1. The van der Waals surface area contributed by atoms with Gasteiger partial charge in [0.1, 0.15) is 12.6 Å². The van der Waals surface area contributed by atoms with Crippen LogP contribution in [0.5, 0.6) is 5.88 Å². The van der Waals surface area contributed by atoms with Crippen LogP contribution in [0.25, 0.3) is 0 Å². The Hall–Kier alpha value is -2.54. The maximum atomic E-state index is 12.7. The van der Waals surface area contributed by atoms with E-state index < -0.39 is 0 Å². The molecule has 2 aromatic rings. The third-order valence-electron chi connectivity index (χ3n) is 5.24. The average Bonchev–Trinajstić information content (AvgIpc) is 3.21. The molecule has 1 aromatic carbocycles. The van der Waals surface area contributed by atoms with Crippen molar-refractivity contribution in [2.75, 3.05) is 5.75 Å². The van der Waals surface area contributed by atoms with Crippen LogP contribution in [-0.2, 0) is 22.7 Å². The summed E-state index contributed by atoms with van der Waals surface area (Å²) >= 11 is 1.70. The summed E-state index contributed by atoms with van der Waals surface area (Å²) in [4.78, 5) is 30.6. The molecule has 0 bridgehead atoms. The van der Waals surface area contributed by atoms with Crippen LogP contribution >= 0.6 is 11.8 Å². The second kappa shape index (κ2) is 7.83. The van der Waals surface area contributed by atoms with E-state index in [4.69, 9.17) is 4.74 Å². The van der Waals surface area contributed by atoms with Gasteiger partial charge in [-0.1, -0.05) is 30.3 Å². The number of ether oxygens (including phenoxy) is 1. The Labute approximate surface area is 168 Å². The standard InChI is InChI=1S/C21H23N3O3S/c1-21-9-7-19(25)24(21)17(14-28-21)20(26)23-12-16-8-10-22-18(11-16)27-13-15-5-3-2-4-6-15/h2-6,8,10-11,17H,7,9,12-14H2,1H3,(H,23,26)/t17-,21-/m0/s1. The highest BCUT2D eigenvalue weighted by atomic mass is 32.2. The lowest BCUT2D eigenvalue weighted by atomic mass is 10.2. The SMILES string of the molecule is C[C@]12CCC(=O)N1[C@H](C(=O)NCc1ccnc(OCc3ccccc3)c1)CS2. The Morgan fingerprint density at radius 2 is 2.14 bits per heavy atom. The van der Waals surface area contributed by atoms with Crippen LogP contribution in [-0.4, -0.2) is 38.4 Å². The lowest BCUT2D eigenvalue weighted by Crippen LogP contribution is -2.49. The molecule has 0 aliphatic carbocycles. The van der Waals surface area contributed by atoms with Gasteiger partial charge < -0.3 is 15.0 Å². The van der Waals surface area contributed by atoms with Crippen LogP contribution in [0.2, 0.25) is 0 Å². The predicted molar refractivity (Wildman–Crippen MR) is 108 cm³/mol. The minimum atomic E-state index is -0.388. The minimum absolute atomic E-state index is 0.0770. The lowest BCUT2D eigenvalue weighted by Gasteiger charge is -2.29. The summed E-state index contributed by atoms with van der Waals surface area (Å²) in [5.41, 5.74) is 1.98. The molecule has 146 valence electrons. The van der Waals surface area contributed by atoms with Gasteiger partial charge >= 0.3 is 0 Å². The van der Waals surface area contributed by atoms with Gasteiger partial charge in [-0.05, 0) is 30.5 Å². The van der Waals surface area contributed by atoms with E-state index in [1.807, 2.05) is 42.5 Å². The summed E-state index contributed by atoms with van der Waals surface area (Å²) < 4.78 is 5.74. The van der Waals surface area contributed by atoms with Gasteiger partial charge in [0.2, 0.25) is 17.7 Å². The summed E-state index contributed by atoms with van der Waals surface area (Å²) in [5.74, 6) is 1.15. The van der Waals surface area contributed by atoms with Crippen molar-refractivity contribution in [1.82, 2.24) is 15.2 Å². The molecule has 2 saturated heterocycles. The first-order valence-corrected chi connectivity index (χ1v) is 10.4. The van der Waals surface area contributed by atoms with Crippen molar-refractivity contribution in [3.63, 3.8) is 0 Å². The van der Waals surface area contributed by atoms with E-state index in [1.165, 1.54) is 0 Å². The lowest BCUT2D eigenvalue weighted by molar-refractivity contribution is -0.138. The van der Waals surface area contributed by atoms with Gasteiger partial charge in [0.25, 0.3) is 0 Å². The monoisotopic (exact) mass is 397 g/mol. The van der Waals surface area contributed by atoms with Crippen LogP contribution in [0.4, 0.5) is 0 Å². The maximum absolute atomic E-state index is 12.7. The van der Waals surface area contributed by atoms with E-state index in [2.05, 4.69) is 17.2 Å².